The van der Waals surface area contributed by atoms with Gasteiger partial charge in [0.25, 0.3) is 5.91 Å². The molecule has 0 bridgehead atoms. The summed E-state index contributed by atoms with van der Waals surface area (Å²) in [4.78, 5) is 29.6. The highest BCUT2D eigenvalue weighted by Gasteiger charge is 2.54. The number of rotatable bonds is 2. The van der Waals surface area contributed by atoms with Crippen molar-refractivity contribution in [3.05, 3.63) is 17.3 Å². The number of amides is 1. The summed E-state index contributed by atoms with van der Waals surface area (Å²) in [7, 11) is 0. The molecule has 0 saturated carbocycles. The van der Waals surface area contributed by atoms with Gasteiger partial charge in [0.2, 0.25) is 5.76 Å². The standard InChI is InChI=1S/C16H21F3N2O4/c1-8-12(24-9(2)20-8)13(22)21-6-10(11(7-21)16(17,18)19)14(23)25-15(3,4)5/h10-11H,6-7H2,1-5H3/t10-,11-/m0/s1. The van der Waals surface area contributed by atoms with E-state index in [0.29, 0.717) is 5.69 Å². The van der Waals surface area contributed by atoms with Crippen LogP contribution in [0.3, 0.4) is 0 Å². The summed E-state index contributed by atoms with van der Waals surface area (Å²) in [5.74, 6) is -4.98. The maximum Gasteiger partial charge on any atom is 0.394 e. The fraction of sp³-hybridized carbons (Fsp3) is 0.688. The zero-order valence-corrected chi connectivity index (χ0v) is 14.7. The van der Waals surface area contributed by atoms with Crippen molar-refractivity contribution in [2.24, 2.45) is 11.8 Å². The number of carbonyl (C=O) groups is 2. The van der Waals surface area contributed by atoms with Crippen LogP contribution < -0.4 is 0 Å². The van der Waals surface area contributed by atoms with Gasteiger partial charge in [0.15, 0.2) is 5.89 Å². The van der Waals surface area contributed by atoms with Crippen molar-refractivity contribution in [1.29, 1.82) is 0 Å². The number of hydrogen-bond donors (Lipinski definition) is 0. The van der Waals surface area contributed by atoms with E-state index in [4.69, 9.17) is 9.15 Å². The Morgan fingerprint density at radius 1 is 1.20 bits per heavy atom. The first-order valence-electron chi connectivity index (χ1n) is 7.82. The number of halogens is 3. The molecule has 0 unspecified atom stereocenters. The molecule has 0 spiro atoms. The van der Waals surface area contributed by atoms with Gasteiger partial charge in [-0.2, -0.15) is 13.2 Å². The number of carbonyl (C=O) groups excluding carboxylic acids is 2. The van der Waals surface area contributed by atoms with Gasteiger partial charge in [-0.25, -0.2) is 4.98 Å². The van der Waals surface area contributed by atoms with Crippen LogP contribution in [0.25, 0.3) is 0 Å². The SMILES string of the molecule is Cc1nc(C)c(C(=O)N2C[C@H](C(=O)OC(C)(C)C)[C@@H](C(F)(F)F)C2)o1. The minimum absolute atomic E-state index is 0.108. The van der Waals surface area contributed by atoms with Crippen LogP contribution in [0, 0.1) is 25.7 Å². The van der Waals surface area contributed by atoms with Crippen molar-refractivity contribution in [3.63, 3.8) is 0 Å². The first-order chi connectivity index (χ1) is 11.3. The maximum absolute atomic E-state index is 13.3. The number of oxazole rings is 1. The van der Waals surface area contributed by atoms with E-state index in [1.165, 1.54) is 13.8 Å². The highest BCUT2D eigenvalue weighted by Crippen LogP contribution is 2.39. The average Bonchev–Trinajstić information content (AvgIpc) is 2.99. The van der Waals surface area contributed by atoms with Gasteiger partial charge in [-0.1, -0.05) is 0 Å². The molecule has 0 aliphatic carbocycles. The van der Waals surface area contributed by atoms with Crippen LogP contribution in [0.1, 0.15) is 42.9 Å². The van der Waals surface area contributed by atoms with Gasteiger partial charge in [-0.3, -0.25) is 9.59 Å². The minimum Gasteiger partial charge on any atom is -0.460 e. The lowest BCUT2D eigenvalue weighted by Crippen LogP contribution is -2.37. The average molecular weight is 362 g/mol. The summed E-state index contributed by atoms with van der Waals surface area (Å²) in [6.07, 6.45) is -4.62. The quantitative estimate of drug-likeness (QED) is 0.757. The van der Waals surface area contributed by atoms with E-state index in [9.17, 15) is 22.8 Å². The lowest BCUT2D eigenvalue weighted by molar-refractivity contribution is -0.194. The zero-order chi connectivity index (χ0) is 19.2. The molecule has 1 aromatic heterocycles. The van der Waals surface area contributed by atoms with Crippen molar-refractivity contribution in [3.8, 4) is 0 Å². The molecule has 2 heterocycles. The van der Waals surface area contributed by atoms with Crippen molar-refractivity contribution in [1.82, 2.24) is 9.88 Å². The number of likely N-dealkylation sites (tertiary alicyclic amines) is 1. The molecule has 1 amide bonds. The van der Waals surface area contributed by atoms with E-state index < -0.39 is 42.0 Å². The number of nitrogens with zero attached hydrogens (tertiary/aromatic N) is 2. The summed E-state index contributed by atoms with van der Waals surface area (Å²) in [6, 6.07) is 0. The molecule has 1 fully saturated rings. The number of aryl methyl sites for hydroxylation is 2. The molecule has 25 heavy (non-hydrogen) atoms. The van der Waals surface area contributed by atoms with Crippen LogP contribution in [-0.2, 0) is 9.53 Å². The van der Waals surface area contributed by atoms with E-state index in [1.807, 2.05) is 0 Å². The molecule has 1 aromatic rings. The maximum atomic E-state index is 13.3. The predicted octanol–water partition coefficient (Wildman–Crippen LogP) is 2.88. The third-order valence-electron chi connectivity index (χ3n) is 3.83. The number of alkyl halides is 3. The zero-order valence-electron chi connectivity index (χ0n) is 14.7. The topological polar surface area (TPSA) is 72.6 Å². The molecular formula is C16H21F3N2O4. The first-order valence-corrected chi connectivity index (χ1v) is 7.82. The summed E-state index contributed by atoms with van der Waals surface area (Å²) in [5.41, 5.74) is -0.615. The molecular weight excluding hydrogens is 341 g/mol. The Labute approximate surface area is 143 Å². The number of esters is 1. The second kappa shape index (κ2) is 6.34. The Kier molecular flexibility index (Phi) is 4.89. The molecule has 1 saturated heterocycles. The Hall–Kier alpha value is -2.06. The molecule has 1 aliphatic heterocycles. The Bertz CT molecular complexity index is 676. The van der Waals surface area contributed by atoms with Crippen LogP contribution in [0.5, 0.6) is 0 Å². The van der Waals surface area contributed by atoms with Crippen LogP contribution >= 0.6 is 0 Å². The smallest absolute Gasteiger partial charge is 0.394 e. The molecule has 0 aromatic carbocycles. The monoisotopic (exact) mass is 362 g/mol. The molecule has 6 nitrogen and oxygen atoms in total. The van der Waals surface area contributed by atoms with Gasteiger partial charge >= 0.3 is 12.1 Å². The highest BCUT2D eigenvalue weighted by atomic mass is 19.4. The van der Waals surface area contributed by atoms with Crippen LogP contribution in [0.2, 0.25) is 0 Å². The summed E-state index contributed by atoms with van der Waals surface area (Å²) in [5, 5.41) is 0. The number of hydrogen-bond acceptors (Lipinski definition) is 5. The minimum atomic E-state index is -4.62. The highest BCUT2D eigenvalue weighted by molar-refractivity contribution is 5.93. The van der Waals surface area contributed by atoms with Gasteiger partial charge in [-0.15, -0.1) is 0 Å². The lowest BCUT2D eigenvalue weighted by atomic mass is 9.95. The van der Waals surface area contributed by atoms with Gasteiger partial charge in [0.1, 0.15) is 5.60 Å². The molecule has 9 heteroatoms. The fourth-order valence-electron chi connectivity index (χ4n) is 2.79. The van der Waals surface area contributed by atoms with Gasteiger partial charge in [0.05, 0.1) is 17.5 Å². The lowest BCUT2D eigenvalue weighted by Gasteiger charge is -2.25. The van der Waals surface area contributed by atoms with Crippen LogP contribution in [-0.4, -0.2) is 46.6 Å². The summed E-state index contributed by atoms with van der Waals surface area (Å²) >= 11 is 0. The second-order valence-corrected chi connectivity index (χ2v) is 7.15. The van der Waals surface area contributed by atoms with E-state index >= 15 is 0 Å². The molecule has 2 rings (SSSR count). The van der Waals surface area contributed by atoms with E-state index in [0.717, 1.165) is 4.90 Å². The second-order valence-electron chi connectivity index (χ2n) is 7.15. The van der Waals surface area contributed by atoms with Crippen molar-refractivity contribution < 1.29 is 31.9 Å². The van der Waals surface area contributed by atoms with E-state index in [-0.39, 0.29) is 18.2 Å². The van der Waals surface area contributed by atoms with Crippen LogP contribution in [0.15, 0.2) is 4.42 Å². The van der Waals surface area contributed by atoms with E-state index in [1.54, 1.807) is 20.8 Å². The summed E-state index contributed by atoms with van der Waals surface area (Å²) < 4.78 is 50.3. The van der Waals surface area contributed by atoms with Crippen molar-refractivity contribution in [2.75, 3.05) is 13.1 Å². The molecule has 0 N–H and O–H groups in total. The molecule has 140 valence electrons. The Morgan fingerprint density at radius 3 is 2.24 bits per heavy atom. The summed E-state index contributed by atoms with van der Waals surface area (Å²) in [6.45, 7) is 6.80. The number of aromatic nitrogens is 1. The third kappa shape index (κ3) is 4.32. The van der Waals surface area contributed by atoms with Gasteiger partial charge in [0, 0.05) is 20.0 Å². The molecule has 1 aliphatic rings. The van der Waals surface area contributed by atoms with E-state index in [2.05, 4.69) is 4.98 Å². The largest absolute Gasteiger partial charge is 0.460 e. The Morgan fingerprint density at radius 2 is 1.80 bits per heavy atom. The van der Waals surface area contributed by atoms with Crippen molar-refractivity contribution >= 4 is 11.9 Å². The van der Waals surface area contributed by atoms with Gasteiger partial charge in [-0.05, 0) is 27.7 Å². The molecule has 2 atom stereocenters. The normalized spacial score (nSPS) is 21.5. The fourth-order valence-corrected chi connectivity index (χ4v) is 2.79. The molecule has 0 radical (unpaired) electrons. The first kappa shape index (κ1) is 19.3. The third-order valence-corrected chi connectivity index (χ3v) is 3.83. The van der Waals surface area contributed by atoms with Crippen LogP contribution in [0.4, 0.5) is 13.2 Å². The number of ether oxygens (including phenoxy) is 1. The Balaban J connectivity index is 2.25. The van der Waals surface area contributed by atoms with Gasteiger partial charge < -0.3 is 14.1 Å². The predicted molar refractivity (Wildman–Crippen MR) is 80.8 cm³/mol. The van der Waals surface area contributed by atoms with Crippen molar-refractivity contribution in [2.45, 2.75) is 46.4 Å².